The molecule has 0 spiro atoms. The molecule has 0 amide bonds. The average molecular weight is 142 g/mol. The second-order valence-corrected chi connectivity index (χ2v) is 3.25. The van der Waals surface area contributed by atoms with Crippen molar-refractivity contribution in [1.29, 1.82) is 0 Å². The molecule has 0 aromatic rings. The van der Waals surface area contributed by atoms with Crippen LogP contribution in [0.4, 0.5) is 0 Å². The maximum atomic E-state index is 7.62. The van der Waals surface area contributed by atoms with Crippen LogP contribution >= 0.6 is 10.9 Å². The first-order valence-corrected chi connectivity index (χ1v) is 5.20. The van der Waals surface area contributed by atoms with Crippen molar-refractivity contribution in [3.63, 3.8) is 0 Å². The molecule has 0 aliphatic heterocycles. The number of hydrogen-bond acceptors (Lipinski definition) is 3. The fraction of sp³-hybridized carbons (Fsp3) is 0. The molecule has 0 radical (unpaired) electrons. The Hall–Kier alpha value is 0.828. The molecule has 0 aromatic carbocycles. The van der Waals surface area contributed by atoms with E-state index in [0.29, 0.717) is 0 Å². The molecule has 0 rings (SSSR count). The van der Waals surface area contributed by atoms with Crippen LogP contribution in [0.2, 0.25) is 0 Å². The number of rotatable bonds is 0. The van der Waals surface area contributed by atoms with Gasteiger partial charge in [0, 0.05) is 0 Å². The van der Waals surface area contributed by atoms with Gasteiger partial charge in [-0.05, 0) is 0 Å². The molecule has 26 valence electrons. The van der Waals surface area contributed by atoms with E-state index in [-0.39, 0.29) is 0 Å². The predicted molar refractivity (Wildman–Crippen MR) is 19.2 cm³/mol. The molecule has 4 heteroatoms. The maximum absolute atomic E-state index is 7.62. The first-order chi connectivity index (χ1) is 1.73. The zero-order valence-electron chi connectivity index (χ0n) is 1.79. The third-order valence-corrected chi connectivity index (χ3v) is 0. The van der Waals surface area contributed by atoms with Crippen LogP contribution in [-0.2, 0) is 0 Å². The second kappa shape index (κ2) is 2.09. The molecule has 0 saturated heterocycles. The van der Waals surface area contributed by atoms with Gasteiger partial charge in [-0.25, -0.2) is 0 Å². The number of hydrogen-bond donors (Lipinski definition) is 3. The molecule has 0 heterocycles. The molecule has 2 nitrogen and oxygen atoms in total. The summed E-state index contributed by atoms with van der Waals surface area (Å²) in [6, 6.07) is 0. The zero-order valence-corrected chi connectivity index (χ0v) is 4.56. The normalized spacial score (nSPS) is 9.00. The Kier molecular flexibility index (Phi) is 2.52. The molecule has 0 aliphatic rings. The standard InChI is InChI=1S/AsH3O2S/c2-1(3)4/h2-4H. The van der Waals surface area contributed by atoms with Crippen molar-refractivity contribution in [3.05, 3.63) is 0 Å². The Bertz CT molecular complexity index is 10.8. The molecule has 0 saturated carbocycles. The van der Waals surface area contributed by atoms with Crippen molar-refractivity contribution in [2.24, 2.45) is 0 Å². The topological polar surface area (TPSA) is 40.5 Å². The van der Waals surface area contributed by atoms with Crippen LogP contribution < -0.4 is 0 Å². The summed E-state index contributed by atoms with van der Waals surface area (Å²) in [6.07, 6.45) is 0. The van der Waals surface area contributed by atoms with Crippen molar-refractivity contribution in [3.8, 4) is 0 Å². The van der Waals surface area contributed by atoms with Crippen LogP contribution in [0.15, 0.2) is 0 Å². The Balaban J connectivity index is 2.32. The monoisotopic (exact) mass is 142 g/mol. The van der Waals surface area contributed by atoms with Gasteiger partial charge in [-0.15, -0.1) is 0 Å². The summed E-state index contributed by atoms with van der Waals surface area (Å²) in [7, 11) is 3.22. The molecular weight excluding hydrogens is 139 g/mol. The van der Waals surface area contributed by atoms with Gasteiger partial charge in [0.25, 0.3) is 0 Å². The Morgan fingerprint density at radius 2 is 1.50 bits per heavy atom. The fourth-order valence-corrected chi connectivity index (χ4v) is 0. The van der Waals surface area contributed by atoms with Gasteiger partial charge >= 0.3 is 33.3 Å². The van der Waals surface area contributed by atoms with Gasteiger partial charge in [-0.1, -0.05) is 0 Å². The van der Waals surface area contributed by atoms with Crippen molar-refractivity contribution in [2.75, 3.05) is 0 Å². The fourth-order valence-electron chi connectivity index (χ4n) is 0. The Labute approximate surface area is 33.8 Å². The van der Waals surface area contributed by atoms with Crippen LogP contribution in [0.5, 0.6) is 0 Å². The van der Waals surface area contributed by atoms with E-state index in [9.17, 15) is 0 Å². The summed E-state index contributed by atoms with van der Waals surface area (Å²) in [4.78, 5) is 0. The Morgan fingerprint density at radius 1 is 1.50 bits per heavy atom. The van der Waals surface area contributed by atoms with E-state index in [0.717, 1.165) is 0 Å². The summed E-state index contributed by atoms with van der Waals surface area (Å²) in [5.41, 5.74) is 0. The Morgan fingerprint density at radius 3 is 1.50 bits per heavy atom. The third-order valence-electron chi connectivity index (χ3n) is 0. The molecule has 0 aromatic heterocycles. The van der Waals surface area contributed by atoms with Crippen LogP contribution in [0.3, 0.4) is 0 Å². The summed E-state index contributed by atoms with van der Waals surface area (Å²) < 4.78 is 15.2. The second-order valence-electron chi connectivity index (χ2n) is 0.268. The van der Waals surface area contributed by atoms with Crippen molar-refractivity contribution in [1.82, 2.24) is 0 Å². The molecule has 0 fully saturated rings. The summed E-state index contributed by atoms with van der Waals surface area (Å²) in [5.74, 6) is 0. The van der Waals surface area contributed by atoms with Crippen molar-refractivity contribution in [2.45, 2.75) is 0 Å². The van der Waals surface area contributed by atoms with Crippen molar-refractivity contribution < 1.29 is 8.19 Å². The third kappa shape index (κ3) is 13.8. The SMILES string of the molecule is O[As](O)S. The van der Waals surface area contributed by atoms with E-state index < -0.39 is 14.2 Å². The van der Waals surface area contributed by atoms with E-state index in [4.69, 9.17) is 8.19 Å². The van der Waals surface area contributed by atoms with Crippen LogP contribution in [0.25, 0.3) is 0 Å². The summed E-state index contributed by atoms with van der Waals surface area (Å²) >= 11 is -2.49. The molecule has 0 atom stereocenters. The molecule has 0 unspecified atom stereocenters. The molecular formula is H3AsO2S. The van der Waals surface area contributed by atoms with Crippen molar-refractivity contribution >= 4 is 25.1 Å². The van der Waals surface area contributed by atoms with Gasteiger partial charge in [-0.3, -0.25) is 0 Å². The van der Waals surface area contributed by atoms with Crippen LogP contribution in [-0.4, -0.2) is 22.4 Å². The van der Waals surface area contributed by atoms with Crippen LogP contribution in [0.1, 0.15) is 0 Å². The molecule has 0 bridgehead atoms. The van der Waals surface area contributed by atoms with Crippen LogP contribution in [0, 0.1) is 0 Å². The van der Waals surface area contributed by atoms with Gasteiger partial charge in [0.1, 0.15) is 0 Å². The van der Waals surface area contributed by atoms with Gasteiger partial charge in [0.05, 0.1) is 0 Å². The average Bonchev–Trinajstić information content (AvgIpc) is 0.811. The molecule has 2 N–H and O–H groups in total. The zero-order chi connectivity index (χ0) is 3.58. The van der Waals surface area contributed by atoms with Gasteiger partial charge in [0.2, 0.25) is 0 Å². The molecule has 0 aliphatic carbocycles. The van der Waals surface area contributed by atoms with Gasteiger partial charge < -0.3 is 0 Å². The van der Waals surface area contributed by atoms with Gasteiger partial charge in [0.15, 0.2) is 0 Å². The first-order valence-electron chi connectivity index (χ1n) is 0.600. The quantitative estimate of drug-likeness (QED) is 0.296. The predicted octanol–water partition coefficient (Wildman–Crippen LogP) is -1.11. The minimum absolute atomic E-state index is 2.49. The van der Waals surface area contributed by atoms with E-state index in [1.54, 1.807) is 0 Å². The van der Waals surface area contributed by atoms with E-state index in [1.807, 2.05) is 0 Å². The number of thiol groups is 1. The van der Waals surface area contributed by atoms with E-state index >= 15 is 0 Å². The van der Waals surface area contributed by atoms with E-state index in [2.05, 4.69) is 10.9 Å². The summed E-state index contributed by atoms with van der Waals surface area (Å²) in [6.45, 7) is 0. The molecule has 4 heavy (non-hydrogen) atoms. The van der Waals surface area contributed by atoms with Gasteiger partial charge in [-0.2, -0.15) is 0 Å². The summed E-state index contributed by atoms with van der Waals surface area (Å²) in [5, 5.41) is 0. The minimum atomic E-state index is -2.49. The van der Waals surface area contributed by atoms with E-state index in [1.165, 1.54) is 0 Å². The first kappa shape index (κ1) is 4.83.